The van der Waals surface area contributed by atoms with Crippen LogP contribution in [0.1, 0.15) is 0 Å². The molecule has 0 fully saturated rings. The van der Waals surface area contributed by atoms with E-state index in [9.17, 15) is 0 Å². The molecule has 0 aliphatic carbocycles. The Morgan fingerprint density at radius 2 is 2.17 bits per heavy atom. The Morgan fingerprint density at radius 3 is 2.94 bits per heavy atom. The average Bonchev–Trinajstić information content (AvgIpc) is 2.82. The van der Waals surface area contributed by atoms with Gasteiger partial charge in [-0.15, -0.1) is 0 Å². The summed E-state index contributed by atoms with van der Waals surface area (Å²) in [6.45, 7) is 0. The van der Waals surface area contributed by atoms with Gasteiger partial charge in [-0.25, -0.2) is 9.97 Å². The SMILES string of the molecule is COc1cccc2c(-c3ccnc(N)n3)c[nH]c12. The zero-order valence-corrected chi connectivity index (χ0v) is 9.84. The number of hydrogen-bond acceptors (Lipinski definition) is 4. The summed E-state index contributed by atoms with van der Waals surface area (Å²) in [5, 5.41) is 1.05. The van der Waals surface area contributed by atoms with Gasteiger partial charge in [0.15, 0.2) is 0 Å². The van der Waals surface area contributed by atoms with Crippen molar-refractivity contribution in [1.82, 2.24) is 15.0 Å². The third kappa shape index (κ3) is 1.57. The topological polar surface area (TPSA) is 76.8 Å². The summed E-state index contributed by atoms with van der Waals surface area (Å²) in [6.07, 6.45) is 3.55. The van der Waals surface area contributed by atoms with Crippen LogP contribution in [0.4, 0.5) is 5.95 Å². The lowest BCUT2D eigenvalue weighted by Gasteiger charge is -2.02. The van der Waals surface area contributed by atoms with Crippen molar-refractivity contribution < 1.29 is 4.74 Å². The van der Waals surface area contributed by atoms with E-state index in [1.807, 2.05) is 30.5 Å². The minimum atomic E-state index is 0.268. The summed E-state index contributed by atoms with van der Waals surface area (Å²) in [5.41, 5.74) is 8.34. The Labute approximate surface area is 104 Å². The number of aromatic amines is 1. The molecule has 0 atom stereocenters. The van der Waals surface area contributed by atoms with Gasteiger partial charge in [0.1, 0.15) is 5.75 Å². The summed E-state index contributed by atoms with van der Waals surface area (Å²) in [7, 11) is 1.65. The third-order valence-electron chi connectivity index (χ3n) is 2.85. The van der Waals surface area contributed by atoms with Crippen LogP contribution in [0.5, 0.6) is 5.75 Å². The molecule has 0 saturated carbocycles. The molecule has 5 nitrogen and oxygen atoms in total. The average molecular weight is 240 g/mol. The molecule has 3 N–H and O–H groups in total. The lowest BCUT2D eigenvalue weighted by atomic mass is 10.1. The summed E-state index contributed by atoms with van der Waals surface area (Å²) < 4.78 is 5.31. The summed E-state index contributed by atoms with van der Waals surface area (Å²) in [5.74, 6) is 1.07. The Kier molecular flexibility index (Phi) is 2.37. The quantitative estimate of drug-likeness (QED) is 0.720. The maximum absolute atomic E-state index is 5.61. The van der Waals surface area contributed by atoms with Crippen molar-refractivity contribution in [3.8, 4) is 17.0 Å². The summed E-state index contributed by atoms with van der Waals surface area (Å²) >= 11 is 0. The van der Waals surface area contributed by atoms with E-state index in [1.165, 1.54) is 0 Å². The molecule has 0 spiro atoms. The van der Waals surface area contributed by atoms with E-state index in [0.29, 0.717) is 0 Å². The molecule has 5 heteroatoms. The Bertz CT molecular complexity index is 705. The minimum absolute atomic E-state index is 0.268. The van der Waals surface area contributed by atoms with Crippen molar-refractivity contribution in [3.63, 3.8) is 0 Å². The van der Waals surface area contributed by atoms with E-state index in [2.05, 4.69) is 15.0 Å². The first-order valence-corrected chi connectivity index (χ1v) is 5.52. The largest absolute Gasteiger partial charge is 0.495 e. The van der Waals surface area contributed by atoms with Crippen LogP contribution < -0.4 is 10.5 Å². The number of ether oxygens (including phenoxy) is 1. The lowest BCUT2D eigenvalue weighted by molar-refractivity contribution is 0.419. The third-order valence-corrected chi connectivity index (χ3v) is 2.85. The van der Waals surface area contributed by atoms with Crippen LogP contribution >= 0.6 is 0 Å². The zero-order valence-electron chi connectivity index (χ0n) is 9.84. The van der Waals surface area contributed by atoms with E-state index >= 15 is 0 Å². The first kappa shape index (κ1) is 10.6. The molecular weight excluding hydrogens is 228 g/mol. The number of nitrogens with two attached hydrogens (primary N) is 1. The van der Waals surface area contributed by atoms with Crippen molar-refractivity contribution in [3.05, 3.63) is 36.7 Å². The van der Waals surface area contributed by atoms with Gasteiger partial charge in [-0.3, -0.25) is 0 Å². The van der Waals surface area contributed by atoms with Gasteiger partial charge in [0.2, 0.25) is 5.95 Å². The fourth-order valence-corrected chi connectivity index (χ4v) is 2.03. The normalized spacial score (nSPS) is 10.7. The maximum atomic E-state index is 5.61. The number of nitrogens with zero attached hydrogens (tertiary/aromatic N) is 2. The van der Waals surface area contributed by atoms with Crippen molar-refractivity contribution in [2.75, 3.05) is 12.8 Å². The molecule has 3 rings (SSSR count). The van der Waals surface area contributed by atoms with E-state index in [-0.39, 0.29) is 5.95 Å². The van der Waals surface area contributed by atoms with E-state index in [0.717, 1.165) is 27.9 Å². The minimum Gasteiger partial charge on any atom is -0.495 e. The highest BCUT2D eigenvalue weighted by Crippen LogP contribution is 2.32. The van der Waals surface area contributed by atoms with Crippen LogP contribution in [0.3, 0.4) is 0 Å². The fraction of sp³-hybridized carbons (Fsp3) is 0.0769. The number of nitrogen functional groups attached to an aromatic ring is 1. The molecule has 3 aromatic rings. The smallest absolute Gasteiger partial charge is 0.220 e. The number of rotatable bonds is 2. The second-order valence-corrected chi connectivity index (χ2v) is 3.89. The molecule has 0 unspecified atom stereocenters. The lowest BCUT2D eigenvalue weighted by Crippen LogP contribution is -1.94. The highest BCUT2D eigenvalue weighted by molar-refractivity contribution is 5.97. The van der Waals surface area contributed by atoms with Crippen LogP contribution in [-0.2, 0) is 0 Å². The molecule has 2 heterocycles. The summed E-state index contributed by atoms with van der Waals surface area (Å²) in [4.78, 5) is 11.3. The molecule has 0 saturated heterocycles. The van der Waals surface area contributed by atoms with Gasteiger partial charge in [0, 0.05) is 23.3 Å². The summed E-state index contributed by atoms with van der Waals surface area (Å²) in [6, 6.07) is 7.71. The molecule has 0 bridgehead atoms. The molecule has 1 aromatic carbocycles. The Hall–Kier alpha value is -2.56. The highest BCUT2D eigenvalue weighted by atomic mass is 16.5. The number of nitrogens with one attached hydrogen (secondary N) is 1. The van der Waals surface area contributed by atoms with Gasteiger partial charge in [-0.2, -0.15) is 0 Å². The number of anilines is 1. The van der Waals surface area contributed by atoms with E-state index < -0.39 is 0 Å². The predicted molar refractivity (Wildman–Crippen MR) is 70.3 cm³/mol. The van der Waals surface area contributed by atoms with Gasteiger partial charge in [0.25, 0.3) is 0 Å². The zero-order chi connectivity index (χ0) is 12.5. The maximum Gasteiger partial charge on any atom is 0.220 e. The van der Waals surface area contributed by atoms with Crippen LogP contribution in [0.25, 0.3) is 22.2 Å². The van der Waals surface area contributed by atoms with E-state index in [1.54, 1.807) is 13.3 Å². The number of hydrogen-bond donors (Lipinski definition) is 2. The van der Waals surface area contributed by atoms with Crippen LogP contribution in [0, 0.1) is 0 Å². The molecule has 0 aliphatic rings. The van der Waals surface area contributed by atoms with Crippen LogP contribution in [0.15, 0.2) is 36.7 Å². The number of para-hydroxylation sites is 1. The number of methoxy groups -OCH3 is 1. The van der Waals surface area contributed by atoms with E-state index in [4.69, 9.17) is 10.5 Å². The first-order chi connectivity index (χ1) is 8.79. The van der Waals surface area contributed by atoms with Gasteiger partial charge in [-0.05, 0) is 12.1 Å². The van der Waals surface area contributed by atoms with Crippen molar-refractivity contribution >= 4 is 16.9 Å². The highest BCUT2D eigenvalue weighted by Gasteiger charge is 2.10. The Balaban J connectivity index is 2.25. The monoisotopic (exact) mass is 240 g/mol. The number of benzene rings is 1. The first-order valence-electron chi connectivity index (χ1n) is 5.52. The second kappa shape index (κ2) is 4.03. The molecule has 0 aliphatic heterocycles. The molecular formula is C13H12N4O. The number of H-pyrrole nitrogens is 1. The van der Waals surface area contributed by atoms with Crippen molar-refractivity contribution in [2.45, 2.75) is 0 Å². The molecule has 18 heavy (non-hydrogen) atoms. The van der Waals surface area contributed by atoms with Crippen LogP contribution in [-0.4, -0.2) is 22.1 Å². The second-order valence-electron chi connectivity index (χ2n) is 3.89. The van der Waals surface area contributed by atoms with Gasteiger partial charge >= 0.3 is 0 Å². The molecule has 0 radical (unpaired) electrons. The number of aromatic nitrogens is 3. The molecule has 90 valence electrons. The van der Waals surface area contributed by atoms with Gasteiger partial charge in [0.05, 0.1) is 18.3 Å². The van der Waals surface area contributed by atoms with Gasteiger partial charge in [-0.1, -0.05) is 12.1 Å². The predicted octanol–water partition coefficient (Wildman–Crippen LogP) is 2.22. The van der Waals surface area contributed by atoms with Crippen LogP contribution in [0.2, 0.25) is 0 Å². The van der Waals surface area contributed by atoms with Crippen molar-refractivity contribution in [1.29, 1.82) is 0 Å². The standard InChI is InChI=1S/C13H12N4O/c1-18-11-4-2-3-8-9(7-16-12(8)11)10-5-6-15-13(14)17-10/h2-7,16H,1H3,(H2,14,15,17). The molecule has 2 aromatic heterocycles. The Morgan fingerprint density at radius 1 is 1.28 bits per heavy atom. The fourth-order valence-electron chi connectivity index (χ4n) is 2.03. The molecule has 0 amide bonds. The number of fused-ring (bicyclic) bond motifs is 1. The van der Waals surface area contributed by atoms with Gasteiger partial charge < -0.3 is 15.5 Å². The van der Waals surface area contributed by atoms with Crippen molar-refractivity contribution in [2.24, 2.45) is 0 Å².